The van der Waals surface area contributed by atoms with Crippen LogP contribution >= 0.6 is 0 Å². The number of alkyl halides is 3. The molecule has 0 aromatic heterocycles. The highest BCUT2D eigenvalue weighted by Gasteiger charge is 2.51. The van der Waals surface area contributed by atoms with E-state index >= 15 is 0 Å². The van der Waals surface area contributed by atoms with Gasteiger partial charge >= 0.3 is 6.18 Å². The lowest BCUT2D eigenvalue weighted by molar-refractivity contribution is -0.137. The summed E-state index contributed by atoms with van der Waals surface area (Å²) < 4.78 is 43.3. The summed E-state index contributed by atoms with van der Waals surface area (Å²) in [5.41, 5.74) is -0.623. The second-order valence-electron chi connectivity index (χ2n) is 5.56. The minimum atomic E-state index is -4.30. The third-order valence-electron chi connectivity index (χ3n) is 4.55. The van der Waals surface area contributed by atoms with E-state index in [1.54, 1.807) is 0 Å². The molecule has 0 saturated heterocycles. The maximum atomic E-state index is 12.5. The first kappa shape index (κ1) is 15.2. The van der Waals surface area contributed by atoms with Crippen molar-refractivity contribution in [1.82, 2.24) is 5.32 Å². The number of hydrogen-bond donors (Lipinski definition) is 1. The van der Waals surface area contributed by atoms with E-state index in [0.717, 1.165) is 25.0 Å². The van der Waals surface area contributed by atoms with E-state index in [1.165, 1.54) is 12.1 Å². The molecule has 2 nitrogen and oxygen atoms in total. The lowest BCUT2D eigenvalue weighted by Crippen LogP contribution is -2.62. The molecule has 0 aliphatic heterocycles. The molecule has 2 rings (SSSR count). The summed E-state index contributed by atoms with van der Waals surface area (Å²) >= 11 is 0. The molecule has 112 valence electrons. The molecule has 1 fully saturated rings. The van der Waals surface area contributed by atoms with E-state index in [2.05, 4.69) is 19.2 Å². The molecule has 3 unspecified atom stereocenters. The van der Waals surface area contributed by atoms with Crippen LogP contribution in [-0.2, 0) is 6.18 Å². The third kappa shape index (κ3) is 2.64. The van der Waals surface area contributed by atoms with E-state index in [0.29, 0.717) is 11.8 Å². The fraction of sp³-hybridized carbons (Fsp3) is 0.600. The highest BCUT2D eigenvalue weighted by molar-refractivity contribution is 5.29. The van der Waals surface area contributed by atoms with Gasteiger partial charge in [-0.2, -0.15) is 13.2 Å². The van der Waals surface area contributed by atoms with Gasteiger partial charge in [0, 0.05) is 17.9 Å². The van der Waals surface area contributed by atoms with Crippen molar-refractivity contribution in [2.75, 3.05) is 7.05 Å². The zero-order valence-electron chi connectivity index (χ0n) is 11.9. The molecule has 1 aromatic rings. The third-order valence-corrected chi connectivity index (χ3v) is 4.55. The van der Waals surface area contributed by atoms with Crippen LogP contribution in [0.4, 0.5) is 13.2 Å². The van der Waals surface area contributed by atoms with E-state index < -0.39 is 11.7 Å². The van der Waals surface area contributed by atoms with Crippen LogP contribution < -0.4 is 10.1 Å². The number of halogens is 3. The molecule has 3 atom stereocenters. The van der Waals surface area contributed by atoms with Gasteiger partial charge < -0.3 is 10.1 Å². The van der Waals surface area contributed by atoms with E-state index in [1.807, 2.05) is 7.05 Å². The quantitative estimate of drug-likeness (QED) is 0.908. The SMILES string of the molecule is CCC1(C)C(NC)CC1Oc1ccc(C(F)(F)F)cc1. The predicted molar refractivity (Wildman–Crippen MR) is 71.7 cm³/mol. The zero-order valence-corrected chi connectivity index (χ0v) is 11.9. The van der Waals surface area contributed by atoms with Crippen molar-refractivity contribution in [3.05, 3.63) is 29.8 Å². The van der Waals surface area contributed by atoms with Crippen molar-refractivity contribution in [1.29, 1.82) is 0 Å². The lowest BCUT2D eigenvalue weighted by atomic mass is 9.61. The second-order valence-corrected chi connectivity index (χ2v) is 5.56. The highest BCUT2D eigenvalue weighted by atomic mass is 19.4. The van der Waals surface area contributed by atoms with Gasteiger partial charge in [0.1, 0.15) is 11.9 Å². The first-order valence-corrected chi connectivity index (χ1v) is 6.82. The van der Waals surface area contributed by atoms with Crippen molar-refractivity contribution >= 4 is 0 Å². The molecule has 1 aliphatic rings. The highest BCUT2D eigenvalue weighted by Crippen LogP contribution is 2.46. The number of rotatable bonds is 4. The first-order valence-electron chi connectivity index (χ1n) is 6.82. The summed E-state index contributed by atoms with van der Waals surface area (Å²) in [6, 6.07) is 5.31. The van der Waals surface area contributed by atoms with Crippen molar-refractivity contribution < 1.29 is 17.9 Å². The molecule has 1 aliphatic carbocycles. The molecule has 1 aromatic carbocycles. The monoisotopic (exact) mass is 287 g/mol. The maximum Gasteiger partial charge on any atom is 0.416 e. The molecule has 1 N–H and O–H groups in total. The predicted octanol–water partition coefficient (Wildman–Crippen LogP) is 3.86. The number of ether oxygens (including phenoxy) is 1. The largest absolute Gasteiger partial charge is 0.490 e. The standard InChI is InChI=1S/C15H20F3NO/c1-4-14(2)12(19-3)9-13(14)20-11-7-5-10(6-8-11)15(16,17)18/h5-8,12-13,19H,4,9H2,1-3H3. The summed E-state index contributed by atoms with van der Waals surface area (Å²) in [6.07, 6.45) is -2.42. The fourth-order valence-electron chi connectivity index (χ4n) is 2.81. The Morgan fingerprint density at radius 2 is 1.90 bits per heavy atom. The minimum absolute atomic E-state index is 0.0252. The average Bonchev–Trinajstić information content (AvgIpc) is 2.41. The van der Waals surface area contributed by atoms with Gasteiger partial charge in [0.25, 0.3) is 0 Å². The van der Waals surface area contributed by atoms with Gasteiger partial charge in [-0.15, -0.1) is 0 Å². The Morgan fingerprint density at radius 1 is 1.30 bits per heavy atom. The van der Waals surface area contributed by atoms with Crippen LogP contribution in [0.2, 0.25) is 0 Å². The molecule has 5 heteroatoms. The van der Waals surface area contributed by atoms with Gasteiger partial charge in [0.2, 0.25) is 0 Å². The van der Waals surface area contributed by atoms with Gasteiger partial charge in [0.15, 0.2) is 0 Å². The van der Waals surface area contributed by atoms with Crippen molar-refractivity contribution in [2.24, 2.45) is 5.41 Å². The maximum absolute atomic E-state index is 12.5. The summed E-state index contributed by atoms with van der Waals surface area (Å²) in [5.74, 6) is 0.497. The average molecular weight is 287 g/mol. The minimum Gasteiger partial charge on any atom is -0.490 e. The molecule has 20 heavy (non-hydrogen) atoms. The Hall–Kier alpha value is -1.23. The van der Waals surface area contributed by atoms with Crippen LogP contribution in [0.25, 0.3) is 0 Å². The number of hydrogen-bond acceptors (Lipinski definition) is 2. The fourth-order valence-corrected chi connectivity index (χ4v) is 2.81. The number of nitrogens with one attached hydrogen (secondary N) is 1. The van der Waals surface area contributed by atoms with Gasteiger partial charge in [0.05, 0.1) is 5.56 Å². The van der Waals surface area contributed by atoms with Crippen molar-refractivity contribution in [2.45, 2.75) is 45.0 Å². The van der Waals surface area contributed by atoms with E-state index in [4.69, 9.17) is 4.74 Å². The van der Waals surface area contributed by atoms with Crippen molar-refractivity contribution in [3.63, 3.8) is 0 Å². The summed E-state index contributed by atoms with van der Waals surface area (Å²) in [4.78, 5) is 0. The Bertz CT molecular complexity index is 457. The topological polar surface area (TPSA) is 21.3 Å². The Balaban J connectivity index is 2.05. The Labute approximate surface area is 117 Å². The molecular weight excluding hydrogens is 267 g/mol. The summed E-state index contributed by atoms with van der Waals surface area (Å²) in [5, 5.41) is 3.26. The Kier molecular flexibility index (Phi) is 4.00. The van der Waals surface area contributed by atoms with Crippen LogP contribution in [0.15, 0.2) is 24.3 Å². The second kappa shape index (κ2) is 5.28. The van der Waals surface area contributed by atoms with E-state index in [9.17, 15) is 13.2 Å². The smallest absolute Gasteiger partial charge is 0.416 e. The van der Waals surface area contributed by atoms with Crippen LogP contribution in [0.3, 0.4) is 0 Å². The summed E-state index contributed by atoms with van der Waals surface area (Å²) in [7, 11) is 1.92. The van der Waals surface area contributed by atoms with Gasteiger partial charge in [-0.25, -0.2) is 0 Å². The summed E-state index contributed by atoms with van der Waals surface area (Å²) in [6.45, 7) is 4.25. The molecule has 0 radical (unpaired) electrons. The van der Waals surface area contributed by atoms with Crippen LogP contribution in [0.1, 0.15) is 32.3 Å². The van der Waals surface area contributed by atoms with Crippen LogP contribution in [0.5, 0.6) is 5.75 Å². The van der Waals surface area contributed by atoms with Crippen LogP contribution in [-0.4, -0.2) is 19.2 Å². The molecular formula is C15H20F3NO. The van der Waals surface area contributed by atoms with Gasteiger partial charge in [-0.05, 0) is 37.7 Å². The number of benzene rings is 1. The van der Waals surface area contributed by atoms with E-state index in [-0.39, 0.29) is 11.5 Å². The lowest BCUT2D eigenvalue weighted by Gasteiger charge is -2.53. The van der Waals surface area contributed by atoms with Crippen molar-refractivity contribution in [3.8, 4) is 5.75 Å². The van der Waals surface area contributed by atoms with Crippen LogP contribution in [0, 0.1) is 5.41 Å². The molecule has 1 saturated carbocycles. The molecule has 0 amide bonds. The zero-order chi connectivity index (χ0) is 15.0. The molecule has 0 spiro atoms. The van der Waals surface area contributed by atoms with Gasteiger partial charge in [-0.1, -0.05) is 13.8 Å². The normalized spacial score (nSPS) is 29.9. The Morgan fingerprint density at radius 3 is 2.35 bits per heavy atom. The molecule has 0 bridgehead atoms. The van der Waals surface area contributed by atoms with Gasteiger partial charge in [-0.3, -0.25) is 0 Å². The molecule has 0 heterocycles. The first-order chi connectivity index (χ1) is 9.31.